The molecular formula is C16H25F7O4S. The van der Waals surface area contributed by atoms with Crippen LogP contribution in [-0.4, -0.2) is 60.8 Å². The third-order valence-corrected chi connectivity index (χ3v) is 5.81. The maximum atomic E-state index is 15.3. The first-order chi connectivity index (χ1) is 12.2. The molecule has 1 unspecified atom stereocenters. The van der Waals surface area contributed by atoms with E-state index in [1.807, 2.05) is 0 Å². The quantitative estimate of drug-likeness (QED) is 0.219. The summed E-state index contributed by atoms with van der Waals surface area (Å²) in [6.45, 7) is 2.30. The summed E-state index contributed by atoms with van der Waals surface area (Å²) in [6, 6.07) is 0. The van der Waals surface area contributed by atoms with Crippen LogP contribution in [0.4, 0.5) is 30.7 Å². The average molecular weight is 446 g/mol. The molecule has 0 aliphatic heterocycles. The molecule has 0 spiro atoms. The van der Waals surface area contributed by atoms with Crippen molar-refractivity contribution in [3.63, 3.8) is 0 Å². The third kappa shape index (κ3) is 5.59. The second-order valence-corrected chi connectivity index (χ2v) is 8.72. The van der Waals surface area contributed by atoms with Crippen molar-refractivity contribution in [1.82, 2.24) is 0 Å². The van der Waals surface area contributed by atoms with Crippen LogP contribution in [0.15, 0.2) is 12.7 Å². The lowest BCUT2D eigenvalue weighted by Crippen LogP contribution is -2.69. The van der Waals surface area contributed by atoms with Gasteiger partial charge in [0.15, 0.2) is 17.0 Å². The van der Waals surface area contributed by atoms with E-state index < -0.39 is 63.9 Å². The molecule has 0 bridgehead atoms. The van der Waals surface area contributed by atoms with Gasteiger partial charge in [0, 0.05) is 6.61 Å². The second kappa shape index (κ2) is 8.47. The highest BCUT2D eigenvalue weighted by molar-refractivity contribution is 7.85. The minimum atomic E-state index is -5.22. The zero-order valence-electron chi connectivity index (χ0n) is 15.9. The zero-order valence-corrected chi connectivity index (χ0v) is 16.7. The van der Waals surface area contributed by atoms with E-state index in [1.54, 1.807) is 0 Å². The predicted molar refractivity (Wildman–Crippen MR) is 89.6 cm³/mol. The summed E-state index contributed by atoms with van der Waals surface area (Å²) in [5, 5.41) is 0. The lowest BCUT2D eigenvalue weighted by Gasteiger charge is -2.49. The number of halogens is 7. The Balaban J connectivity index is 5.61. The molecule has 0 aliphatic rings. The van der Waals surface area contributed by atoms with Crippen molar-refractivity contribution in [3.05, 3.63) is 12.7 Å². The SMILES string of the molecule is C=C[C@](F)(C(C)(F)COCCCS(=O)(=O)O)[C@@](C)(F)[C@](C)(F)[C@H](C)C(F)(F)F. The lowest BCUT2D eigenvalue weighted by atomic mass is 9.65. The van der Waals surface area contributed by atoms with Gasteiger partial charge in [-0.05, 0) is 33.3 Å². The van der Waals surface area contributed by atoms with Gasteiger partial charge in [-0.25, -0.2) is 17.6 Å². The normalized spacial score (nSPS) is 23.0. The first-order valence-electron chi connectivity index (χ1n) is 8.16. The summed E-state index contributed by atoms with van der Waals surface area (Å²) >= 11 is 0. The van der Waals surface area contributed by atoms with Gasteiger partial charge < -0.3 is 4.74 Å². The van der Waals surface area contributed by atoms with E-state index >= 15 is 8.78 Å². The van der Waals surface area contributed by atoms with E-state index in [-0.39, 0.29) is 26.3 Å². The van der Waals surface area contributed by atoms with Crippen molar-refractivity contribution in [2.24, 2.45) is 5.92 Å². The van der Waals surface area contributed by atoms with E-state index in [1.165, 1.54) is 0 Å². The fourth-order valence-electron chi connectivity index (χ4n) is 2.68. The first-order valence-corrected chi connectivity index (χ1v) is 9.77. The summed E-state index contributed by atoms with van der Waals surface area (Å²) in [5.74, 6) is -3.72. The number of hydrogen-bond acceptors (Lipinski definition) is 3. The van der Waals surface area contributed by atoms with Gasteiger partial charge >= 0.3 is 6.18 Å². The molecule has 0 saturated heterocycles. The van der Waals surface area contributed by atoms with Crippen molar-refractivity contribution in [3.8, 4) is 0 Å². The molecule has 0 amide bonds. The molecule has 1 N–H and O–H groups in total. The van der Waals surface area contributed by atoms with Crippen LogP contribution in [0.1, 0.15) is 34.1 Å². The standard InChI is InChI=1S/C16H25F7O4S/c1-6-15(20,12(3,17)10-27-8-7-9-28(24,25)26)14(5,19)13(4,18)11(2)16(21,22)23/h6,11H,1,7-10H2,2-5H3,(H,24,25,26)/t11-,12?,13+,14-,15-/m0/s1. The maximum absolute atomic E-state index is 15.3. The van der Waals surface area contributed by atoms with Gasteiger partial charge in [0.1, 0.15) is 0 Å². The lowest BCUT2D eigenvalue weighted by molar-refractivity contribution is -0.251. The van der Waals surface area contributed by atoms with Gasteiger partial charge in [-0.3, -0.25) is 4.55 Å². The third-order valence-electron chi connectivity index (χ3n) is 5.01. The minimum absolute atomic E-state index is 0.0511. The van der Waals surface area contributed by atoms with Gasteiger partial charge in [0.2, 0.25) is 5.67 Å². The fraction of sp³-hybridized carbons (Fsp3) is 0.875. The molecule has 0 radical (unpaired) electrons. The van der Waals surface area contributed by atoms with Gasteiger partial charge in [-0.15, -0.1) is 0 Å². The van der Waals surface area contributed by atoms with Crippen LogP contribution >= 0.6 is 0 Å². The van der Waals surface area contributed by atoms with Crippen molar-refractivity contribution >= 4 is 10.1 Å². The van der Waals surface area contributed by atoms with Crippen LogP contribution < -0.4 is 0 Å². The molecule has 0 fully saturated rings. The summed E-state index contributed by atoms with van der Waals surface area (Å²) in [6.07, 6.45) is -5.49. The van der Waals surface area contributed by atoms with Crippen LogP contribution in [0, 0.1) is 5.92 Å². The van der Waals surface area contributed by atoms with Crippen LogP contribution in [0.25, 0.3) is 0 Å². The number of hydrogen-bond donors (Lipinski definition) is 1. The molecule has 5 atom stereocenters. The van der Waals surface area contributed by atoms with Crippen LogP contribution in [0.3, 0.4) is 0 Å². The molecule has 12 heteroatoms. The Morgan fingerprint density at radius 3 is 1.89 bits per heavy atom. The van der Waals surface area contributed by atoms with Crippen molar-refractivity contribution in [2.45, 2.75) is 63.0 Å². The van der Waals surface area contributed by atoms with Crippen molar-refractivity contribution in [2.75, 3.05) is 19.0 Å². The Labute approximate surface area is 159 Å². The summed E-state index contributed by atoms with van der Waals surface area (Å²) in [4.78, 5) is 0. The zero-order chi connectivity index (χ0) is 22.8. The largest absolute Gasteiger partial charge is 0.394 e. The van der Waals surface area contributed by atoms with Gasteiger partial charge in [0.05, 0.1) is 18.3 Å². The van der Waals surface area contributed by atoms with Crippen LogP contribution in [-0.2, 0) is 14.9 Å². The topological polar surface area (TPSA) is 63.6 Å². The molecule has 4 nitrogen and oxygen atoms in total. The van der Waals surface area contributed by atoms with Gasteiger partial charge in [-0.2, -0.15) is 21.6 Å². The first kappa shape index (κ1) is 27.1. The number of alkyl halides is 7. The number of allylic oxidation sites excluding steroid dienone is 1. The Morgan fingerprint density at radius 1 is 1.07 bits per heavy atom. The molecule has 0 aromatic rings. The molecule has 0 aliphatic carbocycles. The highest BCUT2D eigenvalue weighted by Crippen LogP contribution is 2.54. The molecule has 0 aromatic heterocycles. The summed E-state index contributed by atoms with van der Waals surface area (Å²) < 4.78 is 133. The van der Waals surface area contributed by atoms with Crippen molar-refractivity contribution in [1.29, 1.82) is 0 Å². The summed E-state index contributed by atoms with van der Waals surface area (Å²) in [7, 11) is -4.32. The van der Waals surface area contributed by atoms with E-state index in [0.29, 0.717) is 13.8 Å². The summed E-state index contributed by atoms with van der Waals surface area (Å²) in [5.41, 5.74) is -15.2. The highest BCUT2D eigenvalue weighted by atomic mass is 32.2. The molecule has 168 valence electrons. The highest BCUT2D eigenvalue weighted by Gasteiger charge is 2.72. The Morgan fingerprint density at radius 2 is 1.54 bits per heavy atom. The van der Waals surface area contributed by atoms with E-state index in [4.69, 9.17) is 9.29 Å². The van der Waals surface area contributed by atoms with Gasteiger partial charge in [-0.1, -0.05) is 13.5 Å². The Hall–Kier alpha value is -0.880. The average Bonchev–Trinajstić information content (AvgIpc) is 2.50. The Bertz CT molecular complexity index is 644. The van der Waals surface area contributed by atoms with Crippen molar-refractivity contribution < 1.29 is 48.4 Å². The molecule has 0 rings (SSSR count). The second-order valence-electron chi connectivity index (χ2n) is 7.15. The molecule has 0 saturated carbocycles. The monoisotopic (exact) mass is 446 g/mol. The molecular weight excluding hydrogens is 421 g/mol. The number of ether oxygens (including phenoxy) is 1. The number of rotatable bonds is 11. The van der Waals surface area contributed by atoms with E-state index in [9.17, 15) is 30.4 Å². The fourth-order valence-corrected chi connectivity index (χ4v) is 3.16. The molecule has 28 heavy (non-hydrogen) atoms. The maximum Gasteiger partial charge on any atom is 0.394 e. The predicted octanol–water partition coefficient (Wildman–Crippen LogP) is 4.56. The van der Waals surface area contributed by atoms with Gasteiger partial charge in [0.25, 0.3) is 10.1 Å². The van der Waals surface area contributed by atoms with E-state index in [0.717, 1.165) is 0 Å². The molecule has 0 heterocycles. The van der Waals surface area contributed by atoms with Crippen LogP contribution in [0.5, 0.6) is 0 Å². The minimum Gasteiger partial charge on any atom is -0.378 e. The van der Waals surface area contributed by atoms with E-state index in [2.05, 4.69) is 6.58 Å². The molecule has 0 aromatic carbocycles. The Kier molecular flexibility index (Phi) is 8.20. The van der Waals surface area contributed by atoms with Crippen LogP contribution in [0.2, 0.25) is 0 Å². The smallest absolute Gasteiger partial charge is 0.378 e.